The molecule has 2 amide bonds. The van der Waals surface area contributed by atoms with Gasteiger partial charge in [-0.2, -0.15) is 0 Å². The van der Waals surface area contributed by atoms with Gasteiger partial charge in [0.05, 0.1) is 0 Å². The zero-order chi connectivity index (χ0) is 18.2. The minimum atomic E-state index is -0.202. The van der Waals surface area contributed by atoms with Gasteiger partial charge in [-0.1, -0.05) is 43.6 Å². The predicted octanol–water partition coefficient (Wildman–Crippen LogP) is 4.05. The fourth-order valence-electron chi connectivity index (χ4n) is 2.27. The molecule has 2 aromatic rings. The Kier molecular flexibility index (Phi) is 7.02. The molecule has 5 heteroatoms. The molecular weight excluding hydrogens is 336 g/mol. The fraction of sp³-hybridized carbons (Fsp3) is 0.300. The largest absolute Gasteiger partial charge is 0.352 e. The standard InChI is InChI=1S/C20H23ClN2O2/c1-14(2)11-12-22-19(24)15-7-9-16(10-8-15)20(25)23-13-17-5-3-4-6-18(17)21/h3-10,14H,11-13H2,1-2H3,(H,22,24)(H,23,25). The molecule has 0 atom stereocenters. The minimum Gasteiger partial charge on any atom is -0.352 e. The minimum absolute atomic E-state index is 0.122. The Morgan fingerprint density at radius 3 is 2.04 bits per heavy atom. The lowest BCUT2D eigenvalue weighted by Crippen LogP contribution is -2.26. The number of halogens is 1. The van der Waals surface area contributed by atoms with E-state index >= 15 is 0 Å². The summed E-state index contributed by atoms with van der Waals surface area (Å²) in [4.78, 5) is 24.2. The molecule has 0 aliphatic rings. The average molecular weight is 359 g/mol. The third kappa shape index (κ3) is 5.91. The molecule has 0 unspecified atom stereocenters. The first-order valence-electron chi connectivity index (χ1n) is 8.37. The van der Waals surface area contributed by atoms with Crippen LogP contribution in [0.3, 0.4) is 0 Å². The summed E-state index contributed by atoms with van der Waals surface area (Å²) in [5, 5.41) is 6.33. The maximum Gasteiger partial charge on any atom is 0.251 e. The molecule has 0 radical (unpaired) electrons. The van der Waals surface area contributed by atoms with E-state index in [-0.39, 0.29) is 11.8 Å². The lowest BCUT2D eigenvalue weighted by molar-refractivity contribution is 0.0939. The Morgan fingerprint density at radius 1 is 0.920 bits per heavy atom. The highest BCUT2D eigenvalue weighted by Gasteiger charge is 2.09. The van der Waals surface area contributed by atoms with E-state index in [1.165, 1.54) is 0 Å². The number of hydrogen-bond acceptors (Lipinski definition) is 2. The van der Waals surface area contributed by atoms with Crippen molar-refractivity contribution in [3.63, 3.8) is 0 Å². The van der Waals surface area contributed by atoms with Crippen molar-refractivity contribution in [2.24, 2.45) is 5.92 Å². The van der Waals surface area contributed by atoms with Crippen LogP contribution in [0.1, 0.15) is 46.5 Å². The normalized spacial score (nSPS) is 10.6. The maximum absolute atomic E-state index is 12.2. The molecule has 4 nitrogen and oxygen atoms in total. The van der Waals surface area contributed by atoms with Crippen molar-refractivity contribution in [2.75, 3.05) is 6.54 Å². The summed E-state index contributed by atoms with van der Waals surface area (Å²) in [6.07, 6.45) is 0.939. The predicted molar refractivity (Wildman–Crippen MR) is 101 cm³/mol. The molecule has 2 aromatic carbocycles. The molecule has 0 aliphatic carbocycles. The van der Waals surface area contributed by atoms with E-state index in [1.807, 2.05) is 18.2 Å². The van der Waals surface area contributed by atoms with Gasteiger partial charge in [0.15, 0.2) is 0 Å². The number of amides is 2. The molecule has 25 heavy (non-hydrogen) atoms. The first kappa shape index (κ1) is 19.0. The van der Waals surface area contributed by atoms with Crippen LogP contribution >= 0.6 is 11.6 Å². The highest BCUT2D eigenvalue weighted by atomic mass is 35.5. The lowest BCUT2D eigenvalue weighted by Gasteiger charge is -2.09. The number of benzene rings is 2. The van der Waals surface area contributed by atoms with Crippen LogP contribution in [0.4, 0.5) is 0 Å². The van der Waals surface area contributed by atoms with E-state index in [9.17, 15) is 9.59 Å². The van der Waals surface area contributed by atoms with E-state index in [4.69, 9.17) is 11.6 Å². The van der Waals surface area contributed by atoms with Crippen molar-refractivity contribution in [2.45, 2.75) is 26.8 Å². The van der Waals surface area contributed by atoms with E-state index in [1.54, 1.807) is 30.3 Å². The van der Waals surface area contributed by atoms with Crippen molar-refractivity contribution in [1.29, 1.82) is 0 Å². The van der Waals surface area contributed by atoms with E-state index in [0.717, 1.165) is 12.0 Å². The Morgan fingerprint density at radius 2 is 1.48 bits per heavy atom. The van der Waals surface area contributed by atoms with Crippen LogP contribution in [-0.2, 0) is 6.54 Å². The van der Waals surface area contributed by atoms with Crippen LogP contribution in [0, 0.1) is 5.92 Å². The molecule has 2 rings (SSSR count). The summed E-state index contributed by atoms with van der Waals surface area (Å²) < 4.78 is 0. The average Bonchev–Trinajstić information content (AvgIpc) is 2.60. The van der Waals surface area contributed by atoms with E-state index in [0.29, 0.717) is 35.2 Å². The second-order valence-corrected chi connectivity index (χ2v) is 6.70. The maximum atomic E-state index is 12.2. The van der Waals surface area contributed by atoms with Gasteiger partial charge in [-0.25, -0.2) is 0 Å². The molecule has 132 valence electrons. The van der Waals surface area contributed by atoms with E-state index in [2.05, 4.69) is 24.5 Å². The van der Waals surface area contributed by atoms with Gasteiger partial charge in [0.2, 0.25) is 0 Å². The van der Waals surface area contributed by atoms with Gasteiger partial charge in [-0.3, -0.25) is 9.59 Å². The molecule has 0 heterocycles. The quantitative estimate of drug-likeness (QED) is 0.784. The van der Waals surface area contributed by atoms with Crippen LogP contribution < -0.4 is 10.6 Å². The summed E-state index contributed by atoms with van der Waals surface area (Å²) >= 11 is 6.07. The second-order valence-electron chi connectivity index (χ2n) is 6.29. The summed E-state index contributed by atoms with van der Waals surface area (Å²) in [7, 11) is 0. The number of carbonyl (C=O) groups excluding carboxylic acids is 2. The first-order chi connectivity index (χ1) is 12.0. The van der Waals surface area contributed by atoms with Crippen molar-refractivity contribution in [3.05, 3.63) is 70.2 Å². The molecule has 0 saturated carbocycles. The summed E-state index contributed by atoms with van der Waals surface area (Å²) in [6, 6.07) is 14.0. The summed E-state index contributed by atoms with van der Waals surface area (Å²) in [6.45, 7) is 5.23. The third-order valence-electron chi connectivity index (χ3n) is 3.81. The molecule has 0 aromatic heterocycles. The molecule has 0 spiro atoms. The van der Waals surface area contributed by atoms with Gasteiger partial charge in [0.1, 0.15) is 0 Å². The van der Waals surface area contributed by atoms with Crippen LogP contribution in [0.15, 0.2) is 48.5 Å². The molecule has 0 bridgehead atoms. The number of nitrogens with one attached hydrogen (secondary N) is 2. The Balaban J connectivity index is 1.89. The van der Waals surface area contributed by atoms with Crippen molar-refractivity contribution in [1.82, 2.24) is 10.6 Å². The number of rotatable bonds is 7. The SMILES string of the molecule is CC(C)CCNC(=O)c1ccc(C(=O)NCc2ccccc2Cl)cc1. The van der Waals surface area contributed by atoms with Gasteiger partial charge in [-0.15, -0.1) is 0 Å². The number of carbonyl (C=O) groups is 2. The Hall–Kier alpha value is -2.33. The highest BCUT2D eigenvalue weighted by Crippen LogP contribution is 2.14. The Bertz CT molecular complexity index is 727. The third-order valence-corrected chi connectivity index (χ3v) is 4.18. The van der Waals surface area contributed by atoms with Gasteiger partial charge < -0.3 is 10.6 Å². The zero-order valence-electron chi connectivity index (χ0n) is 14.5. The van der Waals surface area contributed by atoms with E-state index < -0.39 is 0 Å². The first-order valence-corrected chi connectivity index (χ1v) is 8.75. The van der Waals surface area contributed by atoms with Crippen molar-refractivity contribution >= 4 is 23.4 Å². The van der Waals surface area contributed by atoms with Crippen LogP contribution in [0.2, 0.25) is 5.02 Å². The van der Waals surface area contributed by atoms with Gasteiger partial charge in [0.25, 0.3) is 11.8 Å². The monoisotopic (exact) mass is 358 g/mol. The van der Waals surface area contributed by atoms with Gasteiger partial charge >= 0.3 is 0 Å². The van der Waals surface area contributed by atoms with Gasteiger partial charge in [-0.05, 0) is 48.2 Å². The Labute approximate surface area is 153 Å². The van der Waals surface area contributed by atoms with Gasteiger partial charge in [0, 0.05) is 29.2 Å². The second kappa shape index (κ2) is 9.23. The van der Waals surface area contributed by atoms with Crippen LogP contribution in [-0.4, -0.2) is 18.4 Å². The summed E-state index contributed by atoms with van der Waals surface area (Å²) in [5.74, 6) is 0.222. The van der Waals surface area contributed by atoms with Crippen LogP contribution in [0.25, 0.3) is 0 Å². The summed E-state index contributed by atoms with van der Waals surface area (Å²) in [5.41, 5.74) is 1.91. The topological polar surface area (TPSA) is 58.2 Å². The smallest absolute Gasteiger partial charge is 0.251 e. The molecular formula is C20H23ClN2O2. The fourth-order valence-corrected chi connectivity index (χ4v) is 2.47. The van der Waals surface area contributed by atoms with Crippen molar-refractivity contribution < 1.29 is 9.59 Å². The van der Waals surface area contributed by atoms with Crippen molar-refractivity contribution in [3.8, 4) is 0 Å². The number of hydrogen-bond donors (Lipinski definition) is 2. The lowest BCUT2D eigenvalue weighted by atomic mass is 10.1. The highest BCUT2D eigenvalue weighted by molar-refractivity contribution is 6.31. The molecule has 2 N–H and O–H groups in total. The molecule has 0 aliphatic heterocycles. The van der Waals surface area contributed by atoms with Crippen LogP contribution in [0.5, 0.6) is 0 Å². The zero-order valence-corrected chi connectivity index (χ0v) is 15.3. The molecule has 0 fully saturated rings. The molecule has 0 saturated heterocycles.